The molecule has 52 heavy (non-hydrogen) atoms. The Kier molecular flexibility index (Phi) is 5.71. The van der Waals surface area contributed by atoms with Gasteiger partial charge in [0.2, 0.25) is 0 Å². The number of para-hydroxylation sites is 2. The first-order chi connectivity index (χ1) is 25.6. The lowest BCUT2D eigenvalue weighted by Crippen LogP contribution is -2.48. The molecule has 8 aliphatic carbocycles. The Bertz CT molecular complexity index is 2370. The molecular weight excluding hydrogens is 631 g/mol. The summed E-state index contributed by atoms with van der Waals surface area (Å²) in [6, 6.07) is 37.8. The van der Waals surface area contributed by atoms with Crippen LogP contribution in [0, 0.1) is 35.5 Å². The Balaban J connectivity index is 0.955. The molecule has 8 saturated carbocycles. The second-order valence-corrected chi connectivity index (χ2v) is 18.9. The lowest BCUT2D eigenvalue weighted by Gasteiger charge is -2.57. The minimum Gasteiger partial charge on any atom is -0.309 e. The number of aromatic nitrogens is 3. The predicted octanol–water partition coefficient (Wildman–Crippen LogP) is 12.2. The van der Waals surface area contributed by atoms with E-state index in [-0.39, 0.29) is 0 Å². The zero-order valence-corrected chi connectivity index (χ0v) is 30.1. The minimum atomic E-state index is 0.385. The van der Waals surface area contributed by atoms with Gasteiger partial charge in [-0.25, -0.2) is 4.98 Å². The smallest absolute Gasteiger partial charge is 0.139 e. The second-order valence-electron chi connectivity index (χ2n) is 18.9. The maximum absolute atomic E-state index is 5.10. The standard InChI is InChI=1S/C49H47N3/c1-3-7-43-39(5-1)41-21-36(48-24-30-15-31(25-48)17-32(16-30)26-48)9-11-45(41)51(43)38-13-14-50-47(23-38)52-44-8-4-2-6-40(44)42-22-37(10-12-46(42)52)49-27-33-18-34(28-49)20-35(19-33)29-49/h1-14,21-23,30-35H,15-20,24-29H2. The first kappa shape index (κ1) is 29.1. The fraction of sp³-hybridized carbons (Fsp3) is 0.408. The Morgan fingerprint density at radius 2 is 0.846 bits per heavy atom. The van der Waals surface area contributed by atoms with Crippen molar-refractivity contribution in [3.63, 3.8) is 0 Å². The second kappa shape index (κ2) is 10.2. The molecule has 15 rings (SSSR count). The maximum Gasteiger partial charge on any atom is 0.139 e. The van der Waals surface area contributed by atoms with Crippen LogP contribution in [-0.2, 0) is 10.8 Å². The van der Waals surface area contributed by atoms with E-state index < -0.39 is 0 Å². The molecule has 0 saturated heterocycles. The van der Waals surface area contributed by atoms with Crippen molar-refractivity contribution >= 4 is 43.6 Å². The van der Waals surface area contributed by atoms with Crippen molar-refractivity contribution in [3.05, 3.63) is 114 Å². The van der Waals surface area contributed by atoms with Crippen LogP contribution in [0.3, 0.4) is 0 Å². The zero-order valence-electron chi connectivity index (χ0n) is 30.1. The molecule has 8 fully saturated rings. The quantitative estimate of drug-likeness (QED) is 0.182. The topological polar surface area (TPSA) is 22.8 Å². The third kappa shape index (κ3) is 3.95. The van der Waals surface area contributed by atoms with Crippen LogP contribution in [0.15, 0.2) is 103 Å². The number of rotatable bonds is 4. The van der Waals surface area contributed by atoms with Gasteiger partial charge in [0.15, 0.2) is 0 Å². The third-order valence-corrected chi connectivity index (χ3v) is 15.9. The highest BCUT2D eigenvalue weighted by Gasteiger charge is 2.53. The number of benzene rings is 4. The highest BCUT2D eigenvalue weighted by atomic mass is 15.1. The molecule has 3 heterocycles. The normalized spacial score (nSPS) is 33.0. The van der Waals surface area contributed by atoms with Gasteiger partial charge in [0.25, 0.3) is 0 Å². The van der Waals surface area contributed by atoms with Crippen molar-refractivity contribution in [1.82, 2.24) is 14.1 Å². The van der Waals surface area contributed by atoms with Crippen LogP contribution in [-0.4, -0.2) is 14.1 Å². The molecule has 7 aromatic rings. The summed E-state index contributed by atoms with van der Waals surface area (Å²) < 4.78 is 4.93. The van der Waals surface area contributed by atoms with Gasteiger partial charge in [0.05, 0.1) is 27.8 Å². The largest absolute Gasteiger partial charge is 0.309 e. The van der Waals surface area contributed by atoms with Gasteiger partial charge in [-0.2, -0.15) is 0 Å². The van der Waals surface area contributed by atoms with E-state index in [1.807, 2.05) is 6.20 Å². The highest BCUT2D eigenvalue weighted by Crippen LogP contribution is 2.62. The SMILES string of the molecule is c1ccc2c(c1)c1cc(C34CC5CC(CC(C5)C3)C4)ccc1n2-c1ccnc(-n2c3ccccc3c3cc(C45CC6CC(CC(C6)C4)C5)ccc32)c1. The van der Waals surface area contributed by atoms with E-state index >= 15 is 0 Å². The molecule has 8 bridgehead atoms. The molecule has 0 aliphatic heterocycles. The van der Waals surface area contributed by atoms with Gasteiger partial charge in [-0.15, -0.1) is 0 Å². The van der Waals surface area contributed by atoms with Crippen LogP contribution in [0.2, 0.25) is 0 Å². The van der Waals surface area contributed by atoms with Crippen molar-refractivity contribution in [1.29, 1.82) is 0 Å². The number of hydrogen-bond acceptors (Lipinski definition) is 1. The van der Waals surface area contributed by atoms with E-state index in [1.54, 1.807) is 11.1 Å². The Hall–Kier alpha value is -4.37. The van der Waals surface area contributed by atoms with Crippen LogP contribution >= 0.6 is 0 Å². The van der Waals surface area contributed by atoms with Crippen LogP contribution < -0.4 is 0 Å². The summed E-state index contributed by atoms with van der Waals surface area (Å²) in [6.45, 7) is 0. The van der Waals surface area contributed by atoms with Crippen molar-refractivity contribution in [2.24, 2.45) is 35.5 Å². The summed E-state index contributed by atoms with van der Waals surface area (Å²) in [6.07, 6.45) is 19.3. The van der Waals surface area contributed by atoms with E-state index in [2.05, 4.69) is 106 Å². The molecule has 0 radical (unpaired) electrons. The summed E-state index contributed by atoms with van der Waals surface area (Å²) in [7, 11) is 0. The molecule has 8 aliphatic rings. The predicted molar refractivity (Wildman–Crippen MR) is 213 cm³/mol. The number of nitrogens with zero attached hydrogens (tertiary/aromatic N) is 3. The van der Waals surface area contributed by atoms with E-state index in [1.165, 1.54) is 126 Å². The van der Waals surface area contributed by atoms with E-state index in [4.69, 9.17) is 4.98 Å². The van der Waals surface area contributed by atoms with Crippen LogP contribution in [0.5, 0.6) is 0 Å². The number of pyridine rings is 1. The van der Waals surface area contributed by atoms with Gasteiger partial charge in [-0.05, 0) is 177 Å². The summed E-state index contributed by atoms with van der Waals surface area (Å²) >= 11 is 0. The van der Waals surface area contributed by atoms with E-state index in [9.17, 15) is 0 Å². The maximum atomic E-state index is 5.10. The summed E-state index contributed by atoms with van der Waals surface area (Å²) in [5.74, 6) is 6.66. The summed E-state index contributed by atoms with van der Waals surface area (Å²) in [5, 5.41) is 5.48. The molecule has 3 heteroatoms. The van der Waals surface area contributed by atoms with Gasteiger partial charge in [0.1, 0.15) is 5.82 Å². The Morgan fingerprint density at radius 1 is 0.423 bits per heavy atom. The van der Waals surface area contributed by atoms with Crippen LogP contribution in [0.25, 0.3) is 55.1 Å². The molecule has 3 nitrogen and oxygen atoms in total. The summed E-state index contributed by atoms with van der Waals surface area (Å²) in [5.41, 5.74) is 10.2. The molecule has 0 unspecified atom stereocenters. The van der Waals surface area contributed by atoms with Crippen molar-refractivity contribution in [2.45, 2.75) is 87.9 Å². The molecule has 3 aromatic heterocycles. The average molecular weight is 678 g/mol. The molecule has 258 valence electrons. The molecule has 0 spiro atoms. The first-order valence-corrected chi connectivity index (χ1v) is 20.6. The van der Waals surface area contributed by atoms with Crippen LogP contribution in [0.4, 0.5) is 0 Å². The van der Waals surface area contributed by atoms with Gasteiger partial charge in [-0.3, -0.25) is 4.57 Å². The van der Waals surface area contributed by atoms with Crippen LogP contribution in [0.1, 0.15) is 88.2 Å². The molecule has 4 aromatic carbocycles. The minimum absolute atomic E-state index is 0.385. The molecular formula is C49H47N3. The Labute approximate surface area is 306 Å². The average Bonchev–Trinajstić information content (AvgIpc) is 3.66. The Morgan fingerprint density at radius 3 is 1.35 bits per heavy atom. The van der Waals surface area contributed by atoms with Crippen molar-refractivity contribution in [3.8, 4) is 11.5 Å². The third-order valence-electron chi connectivity index (χ3n) is 15.9. The van der Waals surface area contributed by atoms with E-state index in [0.717, 1.165) is 41.3 Å². The van der Waals surface area contributed by atoms with Gasteiger partial charge >= 0.3 is 0 Å². The monoisotopic (exact) mass is 677 g/mol. The van der Waals surface area contributed by atoms with Gasteiger partial charge in [0, 0.05) is 33.8 Å². The zero-order chi connectivity index (χ0) is 33.8. The van der Waals surface area contributed by atoms with Crippen molar-refractivity contribution in [2.75, 3.05) is 0 Å². The molecule has 0 atom stereocenters. The fourth-order valence-corrected chi connectivity index (χ4v) is 14.7. The fourth-order valence-electron chi connectivity index (χ4n) is 14.7. The highest BCUT2D eigenvalue weighted by molar-refractivity contribution is 6.10. The lowest BCUT2D eigenvalue weighted by atomic mass is 9.48. The molecule has 0 N–H and O–H groups in total. The number of fused-ring (bicyclic) bond motifs is 6. The van der Waals surface area contributed by atoms with Gasteiger partial charge in [-0.1, -0.05) is 48.5 Å². The van der Waals surface area contributed by atoms with Crippen molar-refractivity contribution < 1.29 is 0 Å². The number of hydrogen-bond donors (Lipinski definition) is 0. The van der Waals surface area contributed by atoms with E-state index in [0.29, 0.717) is 10.8 Å². The lowest BCUT2D eigenvalue weighted by molar-refractivity contribution is -0.00524. The molecule has 0 amide bonds. The summed E-state index contributed by atoms with van der Waals surface area (Å²) in [4.78, 5) is 5.10. The van der Waals surface area contributed by atoms with Gasteiger partial charge < -0.3 is 4.57 Å². The first-order valence-electron chi connectivity index (χ1n) is 20.6.